The van der Waals surface area contributed by atoms with Crippen molar-refractivity contribution in [1.82, 2.24) is 10.2 Å². The number of phenolic OH excluding ortho intramolecular Hbond substituents is 1. The molecule has 0 radical (unpaired) electrons. The van der Waals surface area contributed by atoms with Crippen molar-refractivity contribution < 1.29 is 23.4 Å². The van der Waals surface area contributed by atoms with Gasteiger partial charge in [0.1, 0.15) is 6.10 Å². The summed E-state index contributed by atoms with van der Waals surface area (Å²) in [5.74, 6) is -2.84. The van der Waals surface area contributed by atoms with E-state index in [0.717, 1.165) is 74.3 Å². The van der Waals surface area contributed by atoms with Crippen LogP contribution in [0, 0.1) is 11.6 Å². The second-order valence-corrected chi connectivity index (χ2v) is 10.9. The molecule has 4 aromatic rings. The molecule has 0 bridgehead atoms. The molecule has 4 aromatic carbocycles. The number of ether oxygens (including phenoxy) is 1. The molecule has 0 aromatic heterocycles. The Balaban J connectivity index is 0.990. The van der Waals surface area contributed by atoms with Gasteiger partial charge in [-0.3, -0.25) is 5.32 Å². The van der Waals surface area contributed by atoms with Crippen LogP contribution in [0.15, 0.2) is 91.0 Å². The zero-order valence-corrected chi connectivity index (χ0v) is 24.1. The number of aromatic hydroxyl groups is 1. The highest BCUT2D eigenvalue weighted by Gasteiger charge is 2.22. The van der Waals surface area contributed by atoms with E-state index in [2.05, 4.69) is 39.8 Å². The molecular weight excluding hydrogens is 548 g/mol. The highest BCUT2D eigenvalue weighted by Crippen LogP contribution is 2.28. The zero-order chi connectivity index (χ0) is 30.0. The normalized spacial score (nSPS) is 14.0. The number of carbonyl (C=O) groups is 1. The number of likely N-dealkylation sites (tertiary alicyclic amines) is 1. The first-order valence-corrected chi connectivity index (χ1v) is 14.7. The van der Waals surface area contributed by atoms with Crippen LogP contribution in [0.2, 0.25) is 0 Å². The summed E-state index contributed by atoms with van der Waals surface area (Å²) in [6.45, 7) is 3.71. The number of piperidine rings is 1. The number of halogens is 2. The topological polar surface area (TPSA) is 73.8 Å². The first-order valence-electron chi connectivity index (χ1n) is 14.7. The fourth-order valence-corrected chi connectivity index (χ4v) is 5.35. The predicted octanol–water partition coefficient (Wildman–Crippen LogP) is 6.93. The first-order chi connectivity index (χ1) is 20.9. The molecule has 43 heavy (non-hydrogen) atoms. The third-order valence-electron chi connectivity index (χ3n) is 7.79. The van der Waals surface area contributed by atoms with Gasteiger partial charge in [-0.25, -0.2) is 13.6 Å². The number of para-hydroxylation sites is 1. The van der Waals surface area contributed by atoms with Gasteiger partial charge in [0.05, 0.1) is 5.69 Å². The molecule has 0 atom stereocenters. The van der Waals surface area contributed by atoms with Crippen LogP contribution in [-0.4, -0.2) is 48.4 Å². The molecule has 1 fully saturated rings. The summed E-state index contributed by atoms with van der Waals surface area (Å²) in [7, 11) is 0. The van der Waals surface area contributed by atoms with Gasteiger partial charge in [-0.15, -0.1) is 0 Å². The van der Waals surface area contributed by atoms with E-state index in [9.17, 15) is 18.7 Å². The maximum absolute atomic E-state index is 13.5. The molecule has 1 aliphatic heterocycles. The smallest absolute Gasteiger partial charge is 0.411 e. The van der Waals surface area contributed by atoms with E-state index in [1.54, 1.807) is 0 Å². The Morgan fingerprint density at radius 3 is 2.16 bits per heavy atom. The summed E-state index contributed by atoms with van der Waals surface area (Å²) >= 11 is 0. The Hall–Kier alpha value is -4.27. The summed E-state index contributed by atoms with van der Waals surface area (Å²) < 4.78 is 32.7. The number of hydrogen-bond acceptors (Lipinski definition) is 5. The minimum atomic E-state index is -0.950. The maximum Gasteiger partial charge on any atom is 0.411 e. The Kier molecular flexibility index (Phi) is 10.4. The minimum absolute atomic E-state index is 0.0971. The average Bonchev–Trinajstić information content (AvgIpc) is 3.03. The fourth-order valence-electron chi connectivity index (χ4n) is 5.35. The number of phenols is 1. The number of benzene rings is 4. The van der Waals surface area contributed by atoms with Crippen LogP contribution < -0.4 is 10.6 Å². The molecule has 5 rings (SSSR count). The number of nitrogens with one attached hydrogen (secondary N) is 2. The number of carbonyl (C=O) groups excluding carboxylic acids is 1. The summed E-state index contributed by atoms with van der Waals surface area (Å²) in [6.07, 6.45) is 2.84. The molecule has 3 N–H and O–H groups in total. The molecule has 0 aliphatic carbocycles. The molecule has 1 amide bonds. The summed E-state index contributed by atoms with van der Waals surface area (Å²) in [5, 5.41) is 15.3. The SMILES string of the molecule is O=C(Nc1ccccc1-c1ccccc1)OC1CCN(CCc2ccc(CCNCc3cc(F)c(O)c(F)c3)cc2)CC1. The Morgan fingerprint density at radius 1 is 0.837 bits per heavy atom. The van der Waals surface area contributed by atoms with Crippen molar-refractivity contribution in [3.05, 3.63) is 119 Å². The van der Waals surface area contributed by atoms with Crippen molar-refractivity contribution in [2.75, 3.05) is 31.5 Å². The number of hydrogen-bond donors (Lipinski definition) is 3. The van der Waals surface area contributed by atoms with Crippen molar-refractivity contribution in [2.45, 2.75) is 38.3 Å². The highest BCUT2D eigenvalue weighted by atomic mass is 19.1. The van der Waals surface area contributed by atoms with Gasteiger partial charge in [-0.1, -0.05) is 72.8 Å². The molecule has 0 spiro atoms. The van der Waals surface area contributed by atoms with Gasteiger partial charge >= 0.3 is 6.09 Å². The lowest BCUT2D eigenvalue weighted by molar-refractivity contribution is 0.0593. The van der Waals surface area contributed by atoms with Crippen LogP contribution in [0.5, 0.6) is 5.75 Å². The van der Waals surface area contributed by atoms with Gasteiger partial charge in [0.15, 0.2) is 17.4 Å². The van der Waals surface area contributed by atoms with Crippen molar-refractivity contribution in [3.63, 3.8) is 0 Å². The van der Waals surface area contributed by atoms with E-state index in [1.165, 1.54) is 11.1 Å². The average molecular weight is 586 g/mol. The van der Waals surface area contributed by atoms with E-state index in [1.807, 2.05) is 54.6 Å². The minimum Gasteiger partial charge on any atom is -0.503 e. The van der Waals surface area contributed by atoms with Gasteiger partial charge in [0.25, 0.3) is 0 Å². The van der Waals surface area contributed by atoms with Crippen molar-refractivity contribution in [1.29, 1.82) is 0 Å². The van der Waals surface area contributed by atoms with E-state index in [4.69, 9.17) is 4.74 Å². The molecule has 0 unspecified atom stereocenters. The largest absolute Gasteiger partial charge is 0.503 e. The lowest BCUT2D eigenvalue weighted by Crippen LogP contribution is -2.39. The molecule has 1 aliphatic rings. The van der Waals surface area contributed by atoms with E-state index in [0.29, 0.717) is 18.7 Å². The molecule has 1 saturated heterocycles. The summed E-state index contributed by atoms with van der Waals surface area (Å²) in [6, 6.07) is 28.5. The Labute approximate surface area is 251 Å². The van der Waals surface area contributed by atoms with Crippen molar-refractivity contribution in [3.8, 4) is 16.9 Å². The van der Waals surface area contributed by atoms with Crippen LogP contribution in [0.3, 0.4) is 0 Å². The lowest BCUT2D eigenvalue weighted by atomic mass is 10.0. The summed E-state index contributed by atoms with van der Waals surface area (Å²) in [5.41, 5.74) is 5.63. The van der Waals surface area contributed by atoms with E-state index >= 15 is 0 Å². The van der Waals surface area contributed by atoms with Gasteiger partial charge in [0, 0.05) is 31.7 Å². The van der Waals surface area contributed by atoms with E-state index < -0.39 is 23.5 Å². The lowest BCUT2D eigenvalue weighted by Gasteiger charge is -2.31. The first kappa shape index (κ1) is 30.2. The van der Waals surface area contributed by atoms with Gasteiger partial charge in [-0.2, -0.15) is 0 Å². The van der Waals surface area contributed by atoms with Crippen LogP contribution in [0.4, 0.5) is 19.3 Å². The number of rotatable bonds is 11. The number of anilines is 1. The second kappa shape index (κ2) is 14.8. The van der Waals surface area contributed by atoms with Gasteiger partial charge < -0.3 is 20.1 Å². The molecule has 6 nitrogen and oxygen atoms in total. The van der Waals surface area contributed by atoms with Crippen molar-refractivity contribution >= 4 is 11.8 Å². The van der Waals surface area contributed by atoms with E-state index in [-0.39, 0.29) is 6.10 Å². The van der Waals surface area contributed by atoms with Gasteiger partial charge in [0.2, 0.25) is 0 Å². The Morgan fingerprint density at radius 2 is 1.47 bits per heavy atom. The predicted molar refractivity (Wildman–Crippen MR) is 165 cm³/mol. The van der Waals surface area contributed by atoms with Crippen LogP contribution in [-0.2, 0) is 24.1 Å². The Bertz CT molecular complexity index is 1470. The summed E-state index contributed by atoms with van der Waals surface area (Å²) in [4.78, 5) is 15.1. The zero-order valence-electron chi connectivity index (χ0n) is 24.1. The highest BCUT2D eigenvalue weighted by molar-refractivity contribution is 5.91. The van der Waals surface area contributed by atoms with Crippen LogP contribution >= 0.6 is 0 Å². The third-order valence-corrected chi connectivity index (χ3v) is 7.79. The third kappa shape index (κ3) is 8.63. The second-order valence-electron chi connectivity index (χ2n) is 10.9. The van der Waals surface area contributed by atoms with Crippen LogP contribution in [0.25, 0.3) is 11.1 Å². The van der Waals surface area contributed by atoms with Gasteiger partial charge in [-0.05, 0) is 72.7 Å². The number of nitrogens with zero attached hydrogens (tertiary/aromatic N) is 1. The molecular formula is C35H37F2N3O3. The maximum atomic E-state index is 13.5. The molecule has 224 valence electrons. The quantitative estimate of drug-likeness (QED) is 0.167. The molecule has 1 heterocycles. The standard InChI is InChI=1S/C35H37F2N3O3/c36-31-22-27(23-32(37)34(31)41)24-38-18-14-25-10-12-26(13-11-25)15-19-40-20-16-29(17-21-40)43-35(42)39-33-9-5-4-8-30(33)28-6-2-1-3-7-28/h1-13,22-23,29,38,41H,14-21,24H2,(H,39,42). The van der Waals surface area contributed by atoms with Crippen LogP contribution in [0.1, 0.15) is 29.5 Å². The molecule has 0 saturated carbocycles. The molecule has 8 heteroatoms. The van der Waals surface area contributed by atoms with Crippen molar-refractivity contribution in [2.24, 2.45) is 0 Å². The fraction of sp³-hybridized carbons (Fsp3) is 0.286. The number of amides is 1. The monoisotopic (exact) mass is 585 g/mol.